The van der Waals surface area contributed by atoms with Gasteiger partial charge in [0.2, 0.25) is 0 Å². The monoisotopic (exact) mass is 351 g/mol. The van der Waals surface area contributed by atoms with Crippen LogP contribution >= 0.6 is 11.3 Å². The molecule has 136 valence electrons. The van der Waals surface area contributed by atoms with Gasteiger partial charge in [-0.15, -0.1) is 11.3 Å². The molecule has 1 aromatic rings. The minimum atomic E-state index is 0.770. The van der Waals surface area contributed by atoms with Crippen molar-refractivity contribution in [3.63, 3.8) is 0 Å². The number of rotatable bonds is 7. The zero-order valence-corrected chi connectivity index (χ0v) is 16.5. The third kappa shape index (κ3) is 6.06. The number of aliphatic imine (C=N–C) groups is 1. The summed E-state index contributed by atoms with van der Waals surface area (Å²) in [4.78, 5) is 12.7. The third-order valence-corrected chi connectivity index (χ3v) is 6.02. The molecule has 1 fully saturated rings. The normalized spacial score (nSPS) is 16.6. The van der Waals surface area contributed by atoms with Crippen LogP contribution in [0.3, 0.4) is 0 Å². The third-order valence-electron chi connectivity index (χ3n) is 4.88. The van der Waals surface area contributed by atoms with Crippen molar-refractivity contribution >= 4 is 17.3 Å². The molecule has 0 saturated heterocycles. The number of thiazole rings is 1. The van der Waals surface area contributed by atoms with E-state index in [2.05, 4.69) is 46.4 Å². The van der Waals surface area contributed by atoms with Crippen molar-refractivity contribution in [3.8, 4) is 0 Å². The fourth-order valence-electron chi connectivity index (χ4n) is 3.21. The van der Waals surface area contributed by atoms with E-state index in [1.165, 1.54) is 42.0 Å². The molecule has 0 aromatic carbocycles. The molecule has 1 heterocycles. The van der Waals surface area contributed by atoms with Gasteiger partial charge in [-0.1, -0.05) is 19.3 Å². The maximum Gasteiger partial charge on any atom is 0.191 e. The van der Waals surface area contributed by atoms with Crippen LogP contribution in [-0.2, 0) is 6.42 Å². The van der Waals surface area contributed by atoms with Crippen molar-refractivity contribution in [2.24, 2.45) is 4.99 Å². The van der Waals surface area contributed by atoms with Gasteiger partial charge in [0.1, 0.15) is 0 Å². The summed E-state index contributed by atoms with van der Waals surface area (Å²) in [6, 6.07) is 0.770. The Morgan fingerprint density at radius 2 is 1.92 bits per heavy atom. The molecule has 0 radical (unpaired) electrons. The molecule has 24 heavy (non-hydrogen) atoms. The number of nitrogens with zero attached hydrogens (tertiary/aromatic N) is 3. The van der Waals surface area contributed by atoms with Crippen LogP contribution in [0.2, 0.25) is 0 Å². The molecular weight excluding hydrogens is 318 g/mol. The summed E-state index contributed by atoms with van der Waals surface area (Å²) in [5.41, 5.74) is 1.16. The molecule has 6 heteroatoms. The number of aromatic nitrogens is 1. The summed E-state index contributed by atoms with van der Waals surface area (Å²) in [7, 11) is 4.08. The van der Waals surface area contributed by atoms with E-state index in [0.29, 0.717) is 0 Å². The summed E-state index contributed by atoms with van der Waals surface area (Å²) < 4.78 is 0. The van der Waals surface area contributed by atoms with Crippen LogP contribution in [0.4, 0.5) is 0 Å². The van der Waals surface area contributed by atoms with Crippen LogP contribution in [0.25, 0.3) is 0 Å². The van der Waals surface area contributed by atoms with Gasteiger partial charge in [0.05, 0.1) is 10.7 Å². The highest BCUT2D eigenvalue weighted by Gasteiger charge is 2.17. The molecule has 1 saturated carbocycles. The molecule has 5 nitrogen and oxygen atoms in total. The topological polar surface area (TPSA) is 52.6 Å². The Kier molecular flexibility index (Phi) is 7.99. The molecule has 1 aromatic heterocycles. The summed E-state index contributed by atoms with van der Waals surface area (Å²) in [5.74, 6) is 0.886. The predicted molar refractivity (Wildman–Crippen MR) is 104 cm³/mol. The minimum absolute atomic E-state index is 0.770. The van der Waals surface area contributed by atoms with Crippen LogP contribution < -0.4 is 10.6 Å². The molecule has 2 rings (SSSR count). The first kappa shape index (κ1) is 19.2. The fraction of sp³-hybridized carbons (Fsp3) is 0.778. The largest absolute Gasteiger partial charge is 0.356 e. The maximum absolute atomic E-state index is 4.58. The van der Waals surface area contributed by atoms with E-state index in [4.69, 9.17) is 0 Å². The highest BCUT2D eigenvalue weighted by atomic mass is 32.1. The lowest BCUT2D eigenvalue weighted by Crippen LogP contribution is -2.43. The fourth-order valence-corrected chi connectivity index (χ4v) is 4.14. The quantitative estimate of drug-likeness (QED) is 0.586. The second kappa shape index (κ2) is 9.99. The molecular formula is C18H33N5S. The Balaban J connectivity index is 1.63. The van der Waals surface area contributed by atoms with Crippen molar-refractivity contribution in [1.82, 2.24) is 20.5 Å². The Bertz CT molecular complexity index is 500. The molecule has 0 bridgehead atoms. The second-order valence-electron chi connectivity index (χ2n) is 6.70. The van der Waals surface area contributed by atoms with E-state index in [0.717, 1.165) is 43.8 Å². The zero-order valence-electron chi connectivity index (χ0n) is 15.7. The molecule has 0 spiro atoms. The second-order valence-corrected chi connectivity index (χ2v) is 7.99. The first-order valence-electron chi connectivity index (χ1n) is 9.18. The summed E-state index contributed by atoms with van der Waals surface area (Å²) >= 11 is 1.79. The first-order chi connectivity index (χ1) is 11.6. The number of hydrogen-bond donors (Lipinski definition) is 2. The van der Waals surface area contributed by atoms with Crippen molar-refractivity contribution in [1.29, 1.82) is 0 Å². The van der Waals surface area contributed by atoms with E-state index in [9.17, 15) is 0 Å². The van der Waals surface area contributed by atoms with Gasteiger partial charge in [-0.05, 0) is 33.7 Å². The number of nitrogens with one attached hydrogen (secondary N) is 2. The number of likely N-dealkylation sites (N-methyl/N-ethyl adjacent to an activating group) is 1. The average Bonchev–Trinajstić information content (AvgIpc) is 2.92. The smallest absolute Gasteiger partial charge is 0.191 e. The minimum Gasteiger partial charge on any atom is -0.356 e. The van der Waals surface area contributed by atoms with Crippen LogP contribution in [0.5, 0.6) is 0 Å². The maximum atomic E-state index is 4.58. The number of hydrogen-bond acceptors (Lipinski definition) is 4. The molecule has 0 amide bonds. The van der Waals surface area contributed by atoms with Gasteiger partial charge in [0.15, 0.2) is 5.96 Å². The van der Waals surface area contributed by atoms with E-state index in [1.807, 2.05) is 7.05 Å². The van der Waals surface area contributed by atoms with Crippen LogP contribution in [0.15, 0.2) is 4.99 Å². The molecule has 1 aliphatic rings. The highest BCUT2D eigenvalue weighted by molar-refractivity contribution is 7.11. The van der Waals surface area contributed by atoms with Gasteiger partial charge >= 0.3 is 0 Å². The molecule has 2 N–H and O–H groups in total. The van der Waals surface area contributed by atoms with E-state index >= 15 is 0 Å². The van der Waals surface area contributed by atoms with Gasteiger partial charge in [-0.2, -0.15) is 0 Å². The van der Waals surface area contributed by atoms with Gasteiger partial charge in [0.25, 0.3) is 0 Å². The summed E-state index contributed by atoms with van der Waals surface area (Å²) in [5, 5.41) is 8.01. The summed E-state index contributed by atoms with van der Waals surface area (Å²) in [6.45, 7) is 7.07. The van der Waals surface area contributed by atoms with Gasteiger partial charge in [-0.25, -0.2) is 4.98 Å². The highest BCUT2D eigenvalue weighted by Crippen LogP contribution is 2.21. The first-order valence-corrected chi connectivity index (χ1v) is 9.99. The SMILES string of the molecule is CN=C(NCCc1nc(C)c(C)s1)NCCN(C)C1CCCCC1. The Labute approximate surface area is 151 Å². The molecule has 0 aliphatic heterocycles. The number of guanidine groups is 1. The van der Waals surface area contributed by atoms with Crippen molar-refractivity contribution < 1.29 is 0 Å². The van der Waals surface area contributed by atoms with Crippen molar-refractivity contribution in [2.75, 3.05) is 33.7 Å². The number of aryl methyl sites for hydroxylation is 2. The Hall–Kier alpha value is -1.14. The van der Waals surface area contributed by atoms with Crippen LogP contribution in [0, 0.1) is 13.8 Å². The van der Waals surface area contributed by atoms with E-state index in [1.54, 1.807) is 11.3 Å². The predicted octanol–water partition coefficient (Wildman–Crippen LogP) is 2.73. The molecule has 0 unspecified atom stereocenters. The van der Waals surface area contributed by atoms with Gasteiger partial charge < -0.3 is 15.5 Å². The van der Waals surface area contributed by atoms with Crippen molar-refractivity contribution in [2.45, 2.75) is 58.4 Å². The Morgan fingerprint density at radius 3 is 2.54 bits per heavy atom. The Morgan fingerprint density at radius 1 is 1.21 bits per heavy atom. The van der Waals surface area contributed by atoms with Crippen molar-refractivity contribution in [3.05, 3.63) is 15.6 Å². The molecule has 1 aliphatic carbocycles. The zero-order chi connectivity index (χ0) is 17.4. The van der Waals surface area contributed by atoms with E-state index < -0.39 is 0 Å². The lowest BCUT2D eigenvalue weighted by atomic mass is 9.94. The summed E-state index contributed by atoms with van der Waals surface area (Å²) in [6.07, 6.45) is 7.86. The lowest BCUT2D eigenvalue weighted by molar-refractivity contribution is 0.194. The standard InChI is InChI=1S/C18H33N5S/c1-14-15(2)24-17(22-14)10-11-20-18(19-3)21-12-13-23(4)16-8-6-5-7-9-16/h16H,5-13H2,1-4H3,(H2,19,20,21). The van der Waals surface area contributed by atoms with Crippen LogP contribution in [-0.4, -0.2) is 55.6 Å². The molecule has 0 atom stereocenters. The lowest BCUT2D eigenvalue weighted by Gasteiger charge is -2.31. The van der Waals surface area contributed by atoms with Gasteiger partial charge in [-0.3, -0.25) is 4.99 Å². The van der Waals surface area contributed by atoms with Crippen LogP contribution in [0.1, 0.15) is 47.7 Å². The van der Waals surface area contributed by atoms with E-state index in [-0.39, 0.29) is 0 Å². The van der Waals surface area contributed by atoms with Gasteiger partial charge in [0, 0.05) is 44.0 Å². The average molecular weight is 352 g/mol.